The van der Waals surface area contributed by atoms with Crippen molar-refractivity contribution in [1.82, 2.24) is 9.80 Å². The van der Waals surface area contributed by atoms with Crippen LogP contribution in [0.5, 0.6) is 0 Å². The number of aliphatic hydroxyl groups excluding tert-OH is 2. The van der Waals surface area contributed by atoms with Crippen molar-refractivity contribution in [3.05, 3.63) is 70.8 Å². The van der Waals surface area contributed by atoms with Crippen molar-refractivity contribution in [2.24, 2.45) is 11.7 Å². The Morgan fingerprint density at radius 2 is 1.06 bits per heavy atom. The van der Waals surface area contributed by atoms with Crippen molar-refractivity contribution in [3.63, 3.8) is 0 Å². The van der Waals surface area contributed by atoms with Gasteiger partial charge in [0.15, 0.2) is 0 Å². The molecule has 0 radical (unpaired) electrons. The highest BCUT2D eigenvalue weighted by atomic mass is 19.1. The Bertz CT molecular complexity index is 1450. The number of likely N-dealkylation sites (tertiary alicyclic amines) is 2. The lowest BCUT2D eigenvalue weighted by Crippen LogP contribution is -2.53. The van der Waals surface area contributed by atoms with Gasteiger partial charge >= 0.3 is 12.2 Å². The molecule has 6 atom stereocenters. The van der Waals surface area contributed by atoms with Crippen molar-refractivity contribution in [1.29, 1.82) is 0 Å². The molecule has 288 valence electrons. The van der Waals surface area contributed by atoms with Crippen LogP contribution in [-0.4, -0.2) is 85.5 Å². The second-order valence-electron chi connectivity index (χ2n) is 15.3. The zero-order valence-corrected chi connectivity index (χ0v) is 30.5. The average molecular weight is 740 g/mol. The Hall–Kier alpha value is -4.08. The lowest BCUT2D eigenvalue weighted by Gasteiger charge is -2.32. The summed E-state index contributed by atoms with van der Waals surface area (Å²) in [5, 5.41) is 21.2. The van der Waals surface area contributed by atoms with Crippen molar-refractivity contribution in [2.75, 3.05) is 0 Å². The summed E-state index contributed by atoms with van der Waals surface area (Å²) in [6, 6.07) is 3.71. The van der Waals surface area contributed by atoms with Crippen molar-refractivity contribution < 1.29 is 56.4 Å². The number of carbonyl (C=O) groups excluding carboxylic acids is 4. The number of carbonyl (C=O) groups is 4. The van der Waals surface area contributed by atoms with E-state index in [4.69, 9.17) is 15.2 Å². The standard InChI is InChI=1S/C19H25F2NO4.C18H24F2N2O4/c1-11(7-12-8-13(20)10-14(21)9-12)17(24)15-5-6-16(23)22(15)18(25)26-19(2,3)4;1-18(2,3)26-17(25)22-14(4-5-15(22)23)16(24)13(21)8-10-6-11(19)9-12(20)7-10/h8-11,15,17,24H,5-7H2,1-4H3;6-7,9,13-14,16,24H,4-5,8,21H2,1-3H3/t11-,15+,17-;13-,14+,16-/m00/s1. The first-order valence-electron chi connectivity index (χ1n) is 17.1. The number of amides is 4. The van der Waals surface area contributed by atoms with Gasteiger partial charge in [-0.1, -0.05) is 6.92 Å². The maximum absolute atomic E-state index is 13.3. The lowest BCUT2D eigenvalue weighted by molar-refractivity contribution is -0.130. The van der Waals surface area contributed by atoms with E-state index < -0.39 is 94.7 Å². The quantitative estimate of drug-likeness (QED) is 0.295. The summed E-state index contributed by atoms with van der Waals surface area (Å²) in [7, 11) is 0. The van der Waals surface area contributed by atoms with Crippen molar-refractivity contribution >= 4 is 24.0 Å². The van der Waals surface area contributed by atoms with Crippen LogP contribution in [-0.2, 0) is 31.9 Å². The van der Waals surface area contributed by atoms with Gasteiger partial charge in [-0.3, -0.25) is 9.59 Å². The fraction of sp³-hybridized carbons (Fsp3) is 0.568. The first-order valence-corrected chi connectivity index (χ1v) is 17.1. The number of nitrogens with two attached hydrogens (primary N) is 1. The van der Waals surface area contributed by atoms with Gasteiger partial charge in [0.25, 0.3) is 0 Å². The van der Waals surface area contributed by atoms with E-state index >= 15 is 0 Å². The minimum atomic E-state index is -1.25. The molecule has 0 unspecified atom stereocenters. The molecule has 2 fully saturated rings. The smallest absolute Gasteiger partial charge is 0.417 e. The second kappa shape index (κ2) is 17.2. The van der Waals surface area contributed by atoms with Crippen molar-refractivity contribution in [3.8, 4) is 0 Å². The van der Waals surface area contributed by atoms with Gasteiger partial charge in [-0.15, -0.1) is 0 Å². The maximum atomic E-state index is 13.3. The molecule has 2 aromatic rings. The summed E-state index contributed by atoms with van der Waals surface area (Å²) in [6.45, 7) is 11.8. The van der Waals surface area contributed by atoms with E-state index in [2.05, 4.69) is 0 Å². The van der Waals surface area contributed by atoms with Gasteiger partial charge in [-0.05, 0) is 109 Å². The first-order chi connectivity index (χ1) is 24.0. The third-order valence-electron chi connectivity index (χ3n) is 8.37. The summed E-state index contributed by atoms with van der Waals surface area (Å²) >= 11 is 0. The van der Waals surface area contributed by atoms with Crippen LogP contribution in [0.3, 0.4) is 0 Å². The molecule has 2 aliphatic heterocycles. The Balaban J connectivity index is 0.000000280. The van der Waals surface area contributed by atoms with Gasteiger partial charge < -0.3 is 25.4 Å². The lowest BCUT2D eigenvalue weighted by atomic mass is 9.90. The zero-order chi connectivity index (χ0) is 39.3. The van der Waals surface area contributed by atoms with E-state index in [1.807, 2.05) is 0 Å². The van der Waals surface area contributed by atoms with Gasteiger partial charge in [0, 0.05) is 31.0 Å². The molecule has 4 amide bonds. The fourth-order valence-electron chi connectivity index (χ4n) is 6.16. The van der Waals surface area contributed by atoms with E-state index in [0.29, 0.717) is 12.0 Å². The third-order valence-corrected chi connectivity index (χ3v) is 8.37. The maximum Gasteiger partial charge on any atom is 0.417 e. The number of imide groups is 2. The monoisotopic (exact) mass is 739 g/mol. The van der Waals surface area contributed by atoms with Crippen LogP contribution in [0, 0.1) is 29.2 Å². The molecule has 0 spiro atoms. The van der Waals surface area contributed by atoms with Gasteiger partial charge in [0.05, 0.1) is 24.3 Å². The number of benzene rings is 2. The van der Waals surface area contributed by atoms with Crippen LogP contribution in [0.1, 0.15) is 85.3 Å². The highest BCUT2D eigenvalue weighted by molar-refractivity contribution is 5.95. The fourth-order valence-corrected chi connectivity index (χ4v) is 6.16. The number of ether oxygens (including phenoxy) is 2. The largest absolute Gasteiger partial charge is 0.443 e. The predicted molar refractivity (Wildman–Crippen MR) is 181 cm³/mol. The molecule has 2 aromatic carbocycles. The molecule has 0 aromatic heterocycles. The number of halogens is 4. The molecule has 0 saturated carbocycles. The van der Waals surface area contributed by atoms with E-state index in [1.165, 1.54) is 12.1 Å². The molecule has 0 bridgehead atoms. The molecule has 2 heterocycles. The summed E-state index contributed by atoms with van der Waals surface area (Å²) < 4.78 is 63.8. The summed E-state index contributed by atoms with van der Waals surface area (Å²) in [4.78, 5) is 50.6. The van der Waals surface area contributed by atoms with Gasteiger partial charge in [-0.25, -0.2) is 37.0 Å². The Labute approximate surface area is 301 Å². The van der Waals surface area contributed by atoms with Gasteiger partial charge in [0.2, 0.25) is 11.8 Å². The predicted octanol–water partition coefficient (Wildman–Crippen LogP) is 5.55. The van der Waals surface area contributed by atoms with Crippen molar-refractivity contribution in [2.45, 2.75) is 129 Å². The first kappa shape index (κ1) is 42.3. The number of rotatable bonds is 8. The molecule has 15 heteroatoms. The Morgan fingerprint density at radius 3 is 1.42 bits per heavy atom. The van der Waals surface area contributed by atoms with Gasteiger partial charge in [0.1, 0.15) is 34.5 Å². The third kappa shape index (κ3) is 12.0. The summed E-state index contributed by atoms with van der Waals surface area (Å²) in [5.41, 5.74) is 5.11. The SMILES string of the molecule is CC(C)(C)OC(=O)N1C(=O)CC[C@@H]1[C@@H](O)[C@@H](N)Cc1cc(F)cc(F)c1.C[C@@H](Cc1cc(F)cc(F)c1)[C@H](O)[C@H]1CCC(=O)N1C(=O)OC(C)(C)C. The number of aliphatic hydroxyl groups is 2. The van der Waals surface area contributed by atoms with E-state index in [1.54, 1.807) is 48.5 Å². The van der Waals surface area contributed by atoms with Gasteiger partial charge in [-0.2, -0.15) is 0 Å². The van der Waals surface area contributed by atoms with Crippen LogP contribution in [0.15, 0.2) is 36.4 Å². The summed E-state index contributed by atoms with van der Waals surface area (Å²) in [6.07, 6.45) is -2.91. The molecule has 2 saturated heterocycles. The molecule has 11 nitrogen and oxygen atoms in total. The van der Waals surface area contributed by atoms with Crippen LogP contribution in [0.25, 0.3) is 0 Å². The molecule has 4 rings (SSSR count). The summed E-state index contributed by atoms with van der Waals surface area (Å²) in [5.74, 6) is -4.13. The van der Waals surface area contributed by atoms with Crippen LogP contribution < -0.4 is 5.73 Å². The van der Waals surface area contributed by atoms with Crippen LogP contribution in [0.2, 0.25) is 0 Å². The topological polar surface area (TPSA) is 160 Å². The minimum Gasteiger partial charge on any atom is -0.443 e. The van der Waals surface area contributed by atoms with E-state index in [-0.39, 0.29) is 37.7 Å². The highest BCUT2D eigenvalue weighted by Gasteiger charge is 2.45. The number of hydrogen-bond acceptors (Lipinski definition) is 9. The molecular formula is C37H49F4N3O8. The number of nitrogens with zero attached hydrogens (tertiary/aromatic N) is 2. The van der Waals surface area contributed by atoms with E-state index in [0.717, 1.165) is 34.1 Å². The highest BCUT2D eigenvalue weighted by Crippen LogP contribution is 2.29. The second-order valence-corrected chi connectivity index (χ2v) is 15.3. The molecule has 0 aliphatic carbocycles. The normalized spacial score (nSPS) is 20.2. The Morgan fingerprint density at radius 1 is 0.712 bits per heavy atom. The van der Waals surface area contributed by atoms with E-state index in [9.17, 15) is 47.0 Å². The van der Waals surface area contributed by atoms with Crippen LogP contribution in [0.4, 0.5) is 27.2 Å². The average Bonchev–Trinajstić information content (AvgIpc) is 3.56. The Kier molecular flexibility index (Phi) is 14.0. The molecule has 4 N–H and O–H groups in total. The zero-order valence-electron chi connectivity index (χ0n) is 30.5. The number of hydrogen-bond donors (Lipinski definition) is 3. The van der Waals surface area contributed by atoms with Crippen LogP contribution >= 0.6 is 0 Å². The molecule has 2 aliphatic rings. The molecule has 52 heavy (non-hydrogen) atoms. The minimum absolute atomic E-state index is 0.0112. The molecular weight excluding hydrogens is 690 g/mol.